The van der Waals surface area contributed by atoms with Crippen molar-refractivity contribution in [2.45, 2.75) is 137 Å². The first-order chi connectivity index (χ1) is 22.3. The molecule has 1 aromatic heterocycles. The zero-order valence-electron chi connectivity index (χ0n) is 29.8. The minimum Gasteiger partial charge on any atom is -0.496 e. The van der Waals surface area contributed by atoms with Crippen molar-refractivity contribution in [3.8, 4) is 11.5 Å². The number of pyridine rings is 1. The highest BCUT2D eigenvalue weighted by Gasteiger charge is 2.24. The third kappa shape index (κ3) is 12.5. The first-order valence-corrected chi connectivity index (χ1v) is 17.9. The standard InChI is InChI=1S/C41H61N2O3/c1-7-9-10-11-12-13-14-15-16-17-18-21-29-46-39-27-26-34(30-37(39)41(3,4)5)32-43(33-35-23-22-28-42(8-2)31-35)40(44)36-24-19-20-25-38(36)45-6/h19-20,22-28,30-31H,7-18,21,29,32-33H2,1-6H3/q+1. The molecule has 0 unspecified atom stereocenters. The highest BCUT2D eigenvalue weighted by atomic mass is 16.5. The molecule has 0 fully saturated rings. The van der Waals surface area contributed by atoms with Gasteiger partial charge in [-0.1, -0.05) is 117 Å². The number of methoxy groups -OCH3 is 1. The van der Waals surface area contributed by atoms with Gasteiger partial charge in [-0.3, -0.25) is 4.79 Å². The number of carbonyl (C=O) groups is 1. The van der Waals surface area contributed by atoms with Crippen LogP contribution in [-0.2, 0) is 25.0 Å². The Kier molecular flexibility index (Phi) is 16.2. The van der Waals surface area contributed by atoms with Crippen LogP contribution in [0.5, 0.6) is 11.5 Å². The Hall–Kier alpha value is -3.34. The predicted octanol–water partition coefficient (Wildman–Crippen LogP) is 10.2. The van der Waals surface area contributed by atoms with E-state index >= 15 is 0 Å². The number of amides is 1. The molecule has 5 nitrogen and oxygen atoms in total. The maximum Gasteiger partial charge on any atom is 0.258 e. The van der Waals surface area contributed by atoms with Gasteiger partial charge in [0.05, 0.1) is 25.8 Å². The fourth-order valence-corrected chi connectivity index (χ4v) is 6.01. The van der Waals surface area contributed by atoms with Gasteiger partial charge in [-0.05, 0) is 60.2 Å². The Morgan fingerprint density at radius 2 is 1.37 bits per heavy atom. The molecule has 0 spiro atoms. The Bertz CT molecular complexity index is 1310. The largest absolute Gasteiger partial charge is 0.496 e. The lowest BCUT2D eigenvalue weighted by atomic mass is 9.85. The Morgan fingerprint density at radius 1 is 0.739 bits per heavy atom. The van der Waals surface area contributed by atoms with Gasteiger partial charge in [0, 0.05) is 18.2 Å². The smallest absolute Gasteiger partial charge is 0.258 e. The molecule has 1 heterocycles. The second kappa shape index (κ2) is 20.0. The number of carbonyl (C=O) groups excluding carboxylic acids is 1. The molecular formula is C41H61N2O3+. The number of hydrogen-bond acceptors (Lipinski definition) is 3. The van der Waals surface area contributed by atoms with Gasteiger partial charge >= 0.3 is 0 Å². The van der Waals surface area contributed by atoms with Crippen LogP contribution in [0.2, 0.25) is 0 Å². The van der Waals surface area contributed by atoms with Crippen LogP contribution in [0.4, 0.5) is 0 Å². The van der Waals surface area contributed by atoms with E-state index in [4.69, 9.17) is 9.47 Å². The van der Waals surface area contributed by atoms with E-state index < -0.39 is 0 Å². The monoisotopic (exact) mass is 629 g/mol. The van der Waals surface area contributed by atoms with Crippen LogP contribution in [0.1, 0.15) is 139 Å². The number of para-hydroxylation sites is 1. The van der Waals surface area contributed by atoms with Gasteiger partial charge in [0.1, 0.15) is 18.0 Å². The summed E-state index contributed by atoms with van der Waals surface area (Å²) in [6.45, 7) is 13.7. The Labute approximate surface area is 280 Å². The SMILES string of the molecule is CCCCCCCCCCCCCCOc1ccc(CN(Cc2ccc[n+](CC)c2)C(=O)c2ccccc2OC)cc1C(C)(C)C. The molecule has 0 radical (unpaired) electrons. The molecule has 0 aliphatic carbocycles. The van der Waals surface area contributed by atoms with E-state index in [1.165, 1.54) is 76.2 Å². The van der Waals surface area contributed by atoms with Crippen LogP contribution in [0, 0.1) is 0 Å². The number of ether oxygens (including phenoxy) is 2. The van der Waals surface area contributed by atoms with Gasteiger partial charge in [-0.15, -0.1) is 0 Å². The van der Waals surface area contributed by atoms with Gasteiger partial charge in [0.25, 0.3) is 5.91 Å². The molecule has 3 rings (SSSR count). The molecular weight excluding hydrogens is 568 g/mol. The number of unbranched alkanes of at least 4 members (excludes halogenated alkanes) is 11. The number of aromatic nitrogens is 1. The molecule has 0 aliphatic heterocycles. The molecule has 5 heteroatoms. The first kappa shape index (κ1) is 37.1. The number of benzene rings is 2. The van der Waals surface area contributed by atoms with E-state index in [1.807, 2.05) is 35.2 Å². The summed E-state index contributed by atoms with van der Waals surface area (Å²) in [5.74, 6) is 1.49. The molecule has 0 saturated heterocycles. The van der Waals surface area contributed by atoms with Crippen LogP contribution in [-0.4, -0.2) is 24.5 Å². The van der Waals surface area contributed by atoms with E-state index in [9.17, 15) is 4.79 Å². The van der Waals surface area contributed by atoms with Gasteiger partial charge in [-0.2, -0.15) is 0 Å². The summed E-state index contributed by atoms with van der Waals surface area (Å²) in [6, 6.07) is 18.1. The Balaban J connectivity index is 1.63. The summed E-state index contributed by atoms with van der Waals surface area (Å²) in [5, 5.41) is 0. The fourth-order valence-electron chi connectivity index (χ4n) is 6.01. The van der Waals surface area contributed by atoms with E-state index in [2.05, 4.69) is 75.8 Å². The highest BCUT2D eigenvalue weighted by molar-refractivity contribution is 5.96. The molecule has 1 amide bonds. The average Bonchev–Trinajstić information content (AvgIpc) is 3.06. The third-order valence-corrected chi connectivity index (χ3v) is 8.76. The lowest BCUT2D eigenvalue weighted by Crippen LogP contribution is -2.34. The minimum absolute atomic E-state index is 0.0473. The van der Waals surface area contributed by atoms with Gasteiger partial charge in [0.2, 0.25) is 0 Å². The third-order valence-electron chi connectivity index (χ3n) is 8.76. The second-order valence-corrected chi connectivity index (χ2v) is 13.7. The molecule has 0 bridgehead atoms. The van der Waals surface area contributed by atoms with Crippen molar-refractivity contribution in [3.63, 3.8) is 0 Å². The summed E-state index contributed by atoms with van der Waals surface area (Å²) < 4.78 is 14.1. The molecule has 3 aromatic rings. The van der Waals surface area contributed by atoms with Crippen molar-refractivity contribution in [1.82, 2.24) is 4.90 Å². The summed E-state index contributed by atoms with van der Waals surface area (Å²) >= 11 is 0. The van der Waals surface area contributed by atoms with E-state index in [0.717, 1.165) is 36.4 Å². The number of rotatable bonds is 21. The average molecular weight is 630 g/mol. The molecule has 0 N–H and O–H groups in total. The second-order valence-electron chi connectivity index (χ2n) is 13.7. The van der Waals surface area contributed by atoms with E-state index in [-0.39, 0.29) is 11.3 Å². The van der Waals surface area contributed by atoms with Crippen molar-refractivity contribution < 1.29 is 18.8 Å². The molecule has 46 heavy (non-hydrogen) atoms. The minimum atomic E-state index is -0.0918. The normalized spacial score (nSPS) is 11.4. The first-order valence-electron chi connectivity index (χ1n) is 17.9. The van der Waals surface area contributed by atoms with E-state index in [1.54, 1.807) is 7.11 Å². The van der Waals surface area contributed by atoms with Crippen LogP contribution >= 0.6 is 0 Å². The zero-order valence-corrected chi connectivity index (χ0v) is 29.8. The topological polar surface area (TPSA) is 42.7 Å². The van der Waals surface area contributed by atoms with Crippen LogP contribution in [0.3, 0.4) is 0 Å². The van der Waals surface area contributed by atoms with Gasteiger partial charge in [-0.25, -0.2) is 4.57 Å². The Morgan fingerprint density at radius 3 is 2.00 bits per heavy atom. The quantitative estimate of drug-likeness (QED) is 0.0870. The van der Waals surface area contributed by atoms with Crippen molar-refractivity contribution in [3.05, 3.63) is 89.2 Å². The van der Waals surface area contributed by atoms with Crippen molar-refractivity contribution in [1.29, 1.82) is 0 Å². The number of aryl methyl sites for hydroxylation is 1. The summed E-state index contributed by atoms with van der Waals surface area (Å²) in [6.07, 6.45) is 20.2. The summed E-state index contributed by atoms with van der Waals surface area (Å²) in [4.78, 5) is 15.9. The molecule has 2 aromatic carbocycles. The zero-order chi connectivity index (χ0) is 33.2. The lowest BCUT2D eigenvalue weighted by molar-refractivity contribution is -0.694. The molecule has 0 atom stereocenters. The molecule has 252 valence electrons. The van der Waals surface area contributed by atoms with Crippen LogP contribution < -0.4 is 14.0 Å². The van der Waals surface area contributed by atoms with E-state index in [0.29, 0.717) is 24.4 Å². The maximum absolute atomic E-state index is 14.0. The van der Waals surface area contributed by atoms with Gasteiger partial charge < -0.3 is 14.4 Å². The van der Waals surface area contributed by atoms with Gasteiger partial charge in [0.15, 0.2) is 12.4 Å². The molecule has 0 saturated carbocycles. The maximum atomic E-state index is 14.0. The summed E-state index contributed by atoms with van der Waals surface area (Å²) in [7, 11) is 1.61. The number of hydrogen-bond donors (Lipinski definition) is 0. The summed E-state index contributed by atoms with van der Waals surface area (Å²) in [5.41, 5.74) is 3.84. The number of nitrogens with zero attached hydrogens (tertiary/aromatic N) is 2. The van der Waals surface area contributed by atoms with Crippen molar-refractivity contribution in [2.24, 2.45) is 0 Å². The van der Waals surface area contributed by atoms with Crippen LogP contribution in [0.25, 0.3) is 0 Å². The van der Waals surface area contributed by atoms with Crippen molar-refractivity contribution >= 4 is 5.91 Å². The van der Waals surface area contributed by atoms with Crippen LogP contribution in [0.15, 0.2) is 67.0 Å². The van der Waals surface area contributed by atoms with Crippen molar-refractivity contribution in [2.75, 3.05) is 13.7 Å². The predicted molar refractivity (Wildman–Crippen MR) is 191 cm³/mol. The molecule has 0 aliphatic rings. The highest BCUT2D eigenvalue weighted by Crippen LogP contribution is 2.33. The lowest BCUT2D eigenvalue weighted by Gasteiger charge is -2.27. The fraction of sp³-hybridized carbons (Fsp3) is 0.561.